The summed E-state index contributed by atoms with van der Waals surface area (Å²) in [6.45, 7) is 2.73. The lowest BCUT2D eigenvalue weighted by atomic mass is 10.1. The normalized spacial score (nSPS) is 10.3. The number of carbonyl (C=O) groups excluding carboxylic acids is 2. The van der Waals surface area contributed by atoms with Gasteiger partial charge in [-0.25, -0.2) is 0 Å². The molecule has 1 heterocycles. The highest BCUT2D eigenvalue weighted by Crippen LogP contribution is 2.17. The molecule has 3 rings (SSSR count). The average molecular weight is 389 g/mol. The summed E-state index contributed by atoms with van der Waals surface area (Å²) in [7, 11) is 1.59. The van der Waals surface area contributed by atoms with Crippen LogP contribution >= 0.6 is 0 Å². The van der Waals surface area contributed by atoms with E-state index in [1.165, 1.54) is 18.5 Å². The number of carbonyl (C=O) groups is 2. The van der Waals surface area contributed by atoms with Gasteiger partial charge in [0.2, 0.25) is 0 Å². The number of amides is 2. The first-order chi connectivity index (χ1) is 14.1. The second-order valence-electron chi connectivity index (χ2n) is 6.63. The van der Waals surface area contributed by atoms with E-state index in [1.54, 1.807) is 7.11 Å². The van der Waals surface area contributed by atoms with Gasteiger partial charge in [-0.2, -0.15) is 0 Å². The van der Waals surface area contributed by atoms with Crippen molar-refractivity contribution in [1.29, 1.82) is 0 Å². The Kier molecular flexibility index (Phi) is 6.58. The molecule has 2 amide bonds. The number of nitrogens with zero attached hydrogens (tertiary/aromatic N) is 1. The van der Waals surface area contributed by atoms with Crippen LogP contribution in [0.4, 0.5) is 0 Å². The van der Waals surface area contributed by atoms with E-state index < -0.39 is 0 Å². The van der Waals surface area contributed by atoms with Crippen molar-refractivity contribution in [2.45, 2.75) is 20.0 Å². The Bertz CT molecular complexity index is 1000. The number of hydrogen-bond donors (Lipinski definition) is 2. The summed E-state index contributed by atoms with van der Waals surface area (Å²) in [5, 5.41) is 5.68. The fourth-order valence-electron chi connectivity index (χ4n) is 2.81. The van der Waals surface area contributed by atoms with E-state index in [0.29, 0.717) is 30.0 Å². The Morgan fingerprint density at radius 2 is 1.52 bits per heavy atom. The maximum absolute atomic E-state index is 12.5. The fraction of sp³-hybridized carbons (Fsp3) is 0.174. The minimum atomic E-state index is -0.309. The van der Waals surface area contributed by atoms with Gasteiger partial charge in [0.25, 0.3) is 11.8 Å². The van der Waals surface area contributed by atoms with Crippen LogP contribution in [0.3, 0.4) is 0 Å². The summed E-state index contributed by atoms with van der Waals surface area (Å²) < 4.78 is 5.29. The van der Waals surface area contributed by atoms with Gasteiger partial charge in [-0.3, -0.25) is 14.6 Å². The van der Waals surface area contributed by atoms with Gasteiger partial charge >= 0.3 is 0 Å². The number of aromatic nitrogens is 1. The predicted molar refractivity (Wildman–Crippen MR) is 111 cm³/mol. The van der Waals surface area contributed by atoms with Crippen LogP contribution in [0.25, 0.3) is 0 Å². The third-order valence-corrected chi connectivity index (χ3v) is 4.47. The van der Waals surface area contributed by atoms with Crippen LogP contribution in [0.2, 0.25) is 0 Å². The summed E-state index contributed by atoms with van der Waals surface area (Å²) in [5.41, 5.74) is 3.69. The van der Waals surface area contributed by atoms with Crippen LogP contribution in [0.15, 0.2) is 67.0 Å². The molecule has 0 aliphatic heterocycles. The molecule has 2 aromatic carbocycles. The molecule has 29 heavy (non-hydrogen) atoms. The third-order valence-electron chi connectivity index (χ3n) is 4.47. The van der Waals surface area contributed by atoms with Gasteiger partial charge in [0.05, 0.1) is 18.2 Å². The van der Waals surface area contributed by atoms with E-state index >= 15 is 0 Å². The van der Waals surface area contributed by atoms with E-state index in [0.717, 1.165) is 16.7 Å². The molecule has 0 aliphatic carbocycles. The molecule has 2 N–H and O–H groups in total. The summed E-state index contributed by atoms with van der Waals surface area (Å²) >= 11 is 0. The lowest BCUT2D eigenvalue weighted by Gasteiger charge is -2.10. The number of methoxy groups -OCH3 is 1. The zero-order valence-electron chi connectivity index (χ0n) is 16.4. The van der Waals surface area contributed by atoms with Crippen molar-refractivity contribution in [3.8, 4) is 5.75 Å². The van der Waals surface area contributed by atoms with Crippen LogP contribution in [-0.2, 0) is 13.1 Å². The second-order valence-corrected chi connectivity index (χ2v) is 6.63. The van der Waals surface area contributed by atoms with Crippen LogP contribution < -0.4 is 15.4 Å². The van der Waals surface area contributed by atoms with Crippen molar-refractivity contribution in [2.24, 2.45) is 0 Å². The zero-order chi connectivity index (χ0) is 20.6. The van der Waals surface area contributed by atoms with Gasteiger partial charge in [-0.1, -0.05) is 48.0 Å². The van der Waals surface area contributed by atoms with E-state index in [4.69, 9.17) is 4.74 Å². The number of aryl methyl sites for hydroxylation is 1. The summed E-state index contributed by atoms with van der Waals surface area (Å²) in [5.74, 6) is 0.115. The van der Waals surface area contributed by atoms with Gasteiger partial charge in [0.15, 0.2) is 0 Å². The highest BCUT2D eigenvalue weighted by Gasteiger charge is 2.12. The van der Waals surface area contributed by atoms with Crippen molar-refractivity contribution in [2.75, 3.05) is 7.11 Å². The minimum absolute atomic E-state index is 0.280. The molecule has 6 heteroatoms. The molecule has 0 radical (unpaired) electrons. The smallest absolute Gasteiger partial charge is 0.253 e. The number of nitrogens with one attached hydrogen (secondary N) is 2. The molecule has 0 aliphatic rings. The molecule has 6 nitrogen and oxygen atoms in total. The standard InChI is InChI=1S/C23H23N3O3/c1-16-7-9-17(10-8-16)12-25-22(27)19-11-20(14-24-13-19)23(28)26-15-18-5-3-4-6-21(18)29-2/h3-11,13-14H,12,15H2,1-2H3,(H,25,27)(H,26,28). The molecule has 0 atom stereocenters. The third kappa shape index (κ3) is 5.42. The molecule has 0 spiro atoms. The molecule has 0 unspecified atom stereocenters. The first kappa shape index (κ1) is 20.1. The van der Waals surface area contributed by atoms with Gasteiger partial charge in [0.1, 0.15) is 5.75 Å². The largest absolute Gasteiger partial charge is 0.496 e. The highest BCUT2D eigenvalue weighted by molar-refractivity contribution is 5.99. The highest BCUT2D eigenvalue weighted by atomic mass is 16.5. The van der Waals surface area contributed by atoms with Crippen molar-refractivity contribution < 1.29 is 14.3 Å². The Morgan fingerprint density at radius 3 is 2.17 bits per heavy atom. The first-order valence-corrected chi connectivity index (χ1v) is 9.25. The zero-order valence-corrected chi connectivity index (χ0v) is 16.4. The molecule has 1 aromatic heterocycles. The maximum atomic E-state index is 12.5. The molecule has 0 saturated heterocycles. The van der Waals surface area contributed by atoms with Crippen molar-refractivity contribution >= 4 is 11.8 Å². The van der Waals surface area contributed by atoms with Gasteiger partial charge in [0, 0.05) is 31.0 Å². The molecular weight excluding hydrogens is 366 g/mol. The summed E-state index contributed by atoms with van der Waals surface area (Å²) in [6, 6.07) is 16.9. The minimum Gasteiger partial charge on any atom is -0.496 e. The molecule has 148 valence electrons. The Labute approximate surface area is 169 Å². The SMILES string of the molecule is COc1ccccc1CNC(=O)c1cncc(C(=O)NCc2ccc(C)cc2)c1. The quantitative estimate of drug-likeness (QED) is 0.650. The number of hydrogen-bond acceptors (Lipinski definition) is 4. The lowest BCUT2D eigenvalue weighted by Crippen LogP contribution is -2.25. The van der Waals surface area contributed by atoms with Crippen molar-refractivity contribution in [3.63, 3.8) is 0 Å². The lowest BCUT2D eigenvalue weighted by molar-refractivity contribution is 0.0950. The summed E-state index contributed by atoms with van der Waals surface area (Å²) in [4.78, 5) is 28.9. The van der Waals surface area contributed by atoms with Crippen molar-refractivity contribution in [3.05, 3.63) is 94.8 Å². The number of rotatable bonds is 7. The molecule has 3 aromatic rings. The molecule has 0 saturated carbocycles. The van der Waals surface area contributed by atoms with Gasteiger partial charge in [-0.15, -0.1) is 0 Å². The second kappa shape index (κ2) is 9.50. The van der Waals surface area contributed by atoms with E-state index in [9.17, 15) is 9.59 Å². The van der Waals surface area contributed by atoms with Crippen LogP contribution in [0.5, 0.6) is 5.75 Å². The fourth-order valence-corrected chi connectivity index (χ4v) is 2.81. The molecule has 0 fully saturated rings. The average Bonchev–Trinajstić information content (AvgIpc) is 2.77. The topological polar surface area (TPSA) is 80.3 Å². The molecular formula is C23H23N3O3. The maximum Gasteiger partial charge on any atom is 0.253 e. The number of ether oxygens (including phenoxy) is 1. The van der Waals surface area contributed by atoms with Gasteiger partial charge in [-0.05, 0) is 24.6 Å². The van der Waals surface area contributed by atoms with E-state index in [1.807, 2.05) is 55.5 Å². The number of para-hydroxylation sites is 1. The predicted octanol–water partition coefficient (Wildman–Crippen LogP) is 3.26. The van der Waals surface area contributed by atoms with E-state index in [2.05, 4.69) is 15.6 Å². The Morgan fingerprint density at radius 1 is 0.897 bits per heavy atom. The monoisotopic (exact) mass is 389 g/mol. The molecule has 0 bridgehead atoms. The summed E-state index contributed by atoms with van der Waals surface area (Å²) in [6.07, 6.45) is 2.88. The Hall–Kier alpha value is -3.67. The van der Waals surface area contributed by atoms with E-state index in [-0.39, 0.29) is 11.8 Å². The first-order valence-electron chi connectivity index (χ1n) is 9.25. The van der Waals surface area contributed by atoms with Crippen LogP contribution in [-0.4, -0.2) is 23.9 Å². The number of benzene rings is 2. The Balaban J connectivity index is 1.61. The van der Waals surface area contributed by atoms with Crippen molar-refractivity contribution in [1.82, 2.24) is 15.6 Å². The van der Waals surface area contributed by atoms with Crippen LogP contribution in [0, 0.1) is 6.92 Å². The van der Waals surface area contributed by atoms with Crippen LogP contribution in [0.1, 0.15) is 37.4 Å². The number of pyridine rings is 1. The van der Waals surface area contributed by atoms with Gasteiger partial charge < -0.3 is 15.4 Å².